The van der Waals surface area contributed by atoms with Crippen molar-refractivity contribution in [2.45, 2.75) is 11.4 Å². The molecule has 0 aliphatic rings. The number of likely N-dealkylation sites (N-methyl/N-ethyl adjacent to an activating group) is 2. The van der Waals surface area contributed by atoms with Crippen LogP contribution in [-0.4, -0.2) is 51.3 Å². The molecule has 158 valence electrons. The Labute approximate surface area is 175 Å². The van der Waals surface area contributed by atoms with Gasteiger partial charge in [0.15, 0.2) is 11.6 Å². The highest BCUT2D eigenvalue weighted by atomic mass is 32.2. The first-order chi connectivity index (χ1) is 14.2. The van der Waals surface area contributed by atoms with Gasteiger partial charge in [0.05, 0.1) is 18.6 Å². The highest BCUT2D eigenvalue weighted by molar-refractivity contribution is 7.89. The van der Waals surface area contributed by atoms with E-state index in [1.807, 2.05) is 24.3 Å². The van der Waals surface area contributed by atoms with E-state index < -0.39 is 21.7 Å². The molecule has 3 aromatic rings. The molecule has 3 aromatic carbocycles. The summed E-state index contributed by atoms with van der Waals surface area (Å²) in [6.45, 7) is -0.187. The molecule has 1 amide bonds. The van der Waals surface area contributed by atoms with E-state index in [1.54, 1.807) is 25.2 Å². The predicted octanol–water partition coefficient (Wildman–Crippen LogP) is 3.27. The van der Waals surface area contributed by atoms with Gasteiger partial charge in [-0.25, -0.2) is 12.8 Å². The van der Waals surface area contributed by atoms with Crippen molar-refractivity contribution >= 4 is 26.7 Å². The number of nitrogens with zero attached hydrogens (tertiary/aromatic N) is 2. The van der Waals surface area contributed by atoms with Crippen LogP contribution in [-0.2, 0) is 21.4 Å². The van der Waals surface area contributed by atoms with Crippen LogP contribution < -0.4 is 4.74 Å². The van der Waals surface area contributed by atoms with Crippen LogP contribution in [0, 0.1) is 5.82 Å². The summed E-state index contributed by atoms with van der Waals surface area (Å²) < 4.78 is 45.6. The molecule has 0 fully saturated rings. The van der Waals surface area contributed by atoms with E-state index in [-0.39, 0.29) is 23.7 Å². The van der Waals surface area contributed by atoms with Gasteiger partial charge in [-0.1, -0.05) is 36.4 Å². The second-order valence-electron chi connectivity index (χ2n) is 6.99. The Morgan fingerprint density at radius 1 is 1.00 bits per heavy atom. The third-order valence-corrected chi connectivity index (χ3v) is 6.65. The van der Waals surface area contributed by atoms with Gasteiger partial charge in [0.25, 0.3) is 0 Å². The number of methoxy groups -OCH3 is 1. The summed E-state index contributed by atoms with van der Waals surface area (Å²) in [6, 6.07) is 16.7. The number of amides is 1. The van der Waals surface area contributed by atoms with E-state index in [1.165, 1.54) is 37.3 Å². The molecular weight excluding hydrogens is 407 g/mol. The van der Waals surface area contributed by atoms with Crippen molar-refractivity contribution in [3.8, 4) is 5.75 Å². The summed E-state index contributed by atoms with van der Waals surface area (Å²) in [5.41, 5.74) is 0.573. The fourth-order valence-corrected chi connectivity index (χ4v) is 4.23. The molecule has 0 atom stereocenters. The van der Waals surface area contributed by atoms with Crippen molar-refractivity contribution in [2.75, 3.05) is 27.7 Å². The molecule has 0 aliphatic heterocycles. The van der Waals surface area contributed by atoms with Gasteiger partial charge in [0.1, 0.15) is 0 Å². The largest absolute Gasteiger partial charge is 0.494 e. The Balaban J connectivity index is 1.70. The third-order valence-electron chi connectivity index (χ3n) is 4.85. The van der Waals surface area contributed by atoms with Crippen LogP contribution in [0.15, 0.2) is 65.6 Å². The minimum Gasteiger partial charge on any atom is -0.494 e. The Hall–Kier alpha value is -2.97. The molecule has 0 radical (unpaired) electrons. The first-order valence-electron chi connectivity index (χ1n) is 9.24. The third kappa shape index (κ3) is 4.60. The molecule has 0 bridgehead atoms. The van der Waals surface area contributed by atoms with Gasteiger partial charge in [-0.3, -0.25) is 4.79 Å². The van der Waals surface area contributed by atoms with Gasteiger partial charge in [-0.2, -0.15) is 4.31 Å². The molecule has 0 N–H and O–H groups in total. The van der Waals surface area contributed by atoms with E-state index in [9.17, 15) is 17.6 Å². The zero-order valence-corrected chi connectivity index (χ0v) is 17.8. The van der Waals surface area contributed by atoms with Crippen molar-refractivity contribution < 1.29 is 22.3 Å². The normalized spacial score (nSPS) is 11.6. The average Bonchev–Trinajstić information content (AvgIpc) is 2.73. The van der Waals surface area contributed by atoms with Crippen LogP contribution in [0.3, 0.4) is 0 Å². The SMILES string of the molecule is COc1ccc(CN(C)C(=O)CN(C)S(=O)(=O)c2ccc3ccccc3c2)cc1F. The number of rotatable bonds is 7. The highest BCUT2D eigenvalue weighted by Gasteiger charge is 2.24. The molecule has 0 aliphatic carbocycles. The quantitative estimate of drug-likeness (QED) is 0.577. The van der Waals surface area contributed by atoms with Crippen molar-refractivity contribution in [3.63, 3.8) is 0 Å². The fraction of sp³-hybridized carbons (Fsp3) is 0.227. The van der Waals surface area contributed by atoms with E-state index >= 15 is 0 Å². The zero-order valence-electron chi connectivity index (χ0n) is 17.0. The van der Waals surface area contributed by atoms with Crippen molar-refractivity contribution in [2.24, 2.45) is 0 Å². The Morgan fingerprint density at radius 2 is 1.70 bits per heavy atom. The van der Waals surface area contributed by atoms with Crippen molar-refractivity contribution in [3.05, 3.63) is 72.0 Å². The fourth-order valence-electron chi connectivity index (χ4n) is 3.07. The molecule has 6 nitrogen and oxygen atoms in total. The van der Waals surface area contributed by atoms with Crippen LogP contribution in [0.5, 0.6) is 5.75 Å². The number of hydrogen-bond acceptors (Lipinski definition) is 4. The maximum Gasteiger partial charge on any atom is 0.243 e. The number of hydrogen-bond donors (Lipinski definition) is 0. The van der Waals surface area contributed by atoms with E-state index in [2.05, 4.69) is 0 Å². The number of fused-ring (bicyclic) bond motifs is 1. The monoisotopic (exact) mass is 430 g/mol. The summed E-state index contributed by atoms with van der Waals surface area (Å²) in [5, 5.41) is 1.73. The maximum absolute atomic E-state index is 13.9. The Morgan fingerprint density at radius 3 is 2.37 bits per heavy atom. The van der Waals surface area contributed by atoms with E-state index in [0.29, 0.717) is 5.56 Å². The molecule has 8 heteroatoms. The van der Waals surface area contributed by atoms with E-state index in [0.717, 1.165) is 15.1 Å². The lowest BCUT2D eigenvalue weighted by atomic mass is 10.1. The second-order valence-corrected chi connectivity index (χ2v) is 9.03. The number of carbonyl (C=O) groups is 1. The summed E-state index contributed by atoms with van der Waals surface area (Å²) in [4.78, 5) is 14.0. The lowest BCUT2D eigenvalue weighted by Crippen LogP contribution is -2.39. The summed E-state index contributed by atoms with van der Waals surface area (Å²) in [5.74, 6) is -0.807. The number of halogens is 1. The van der Waals surface area contributed by atoms with Crippen LogP contribution in [0.25, 0.3) is 10.8 Å². The molecular formula is C22H23FN2O4S. The van der Waals surface area contributed by atoms with Gasteiger partial charge in [-0.15, -0.1) is 0 Å². The first-order valence-corrected chi connectivity index (χ1v) is 10.7. The minimum atomic E-state index is -3.84. The lowest BCUT2D eigenvalue weighted by Gasteiger charge is -2.22. The Kier molecular flexibility index (Phi) is 6.38. The van der Waals surface area contributed by atoms with Crippen molar-refractivity contribution in [1.29, 1.82) is 0 Å². The van der Waals surface area contributed by atoms with Gasteiger partial charge >= 0.3 is 0 Å². The molecule has 0 aromatic heterocycles. The van der Waals surface area contributed by atoms with Crippen LogP contribution in [0.1, 0.15) is 5.56 Å². The molecule has 0 unspecified atom stereocenters. The first kappa shape index (κ1) is 21.7. The molecule has 0 heterocycles. The van der Waals surface area contributed by atoms with Gasteiger partial charge in [0, 0.05) is 20.6 Å². The number of sulfonamides is 1. The molecule has 0 spiro atoms. The van der Waals surface area contributed by atoms with Gasteiger partial charge in [-0.05, 0) is 40.6 Å². The van der Waals surface area contributed by atoms with Gasteiger partial charge in [0.2, 0.25) is 15.9 Å². The topological polar surface area (TPSA) is 66.9 Å². The summed E-state index contributed by atoms with van der Waals surface area (Å²) >= 11 is 0. The molecule has 0 saturated carbocycles. The predicted molar refractivity (Wildman–Crippen MR) is 113 cm³/mol. The lowest BCUT2D eigenvalue weighted by molar-refractivity contribution is -0.130. The summed E-state index contributed by atoms with van der Waals surface area (Å²) in [7, 11) is 0.443. The molecule has 0 saturated heterocycles. The van der Waals surface area contributed by atoms with Crippen molar-refractivity contribution in [1.82, 2.24) is 9.21 Å². The van der Waals surface area contributed by atoms with Crippen LogP contribution in [0.4, 0.5) is 4.39 Å². The summed E-state index contributed by atoms with van der Waals surface area (Å²) in [6.07, 6.45) is 0. The number of benzene rings is 3. The zero-order chi connectivity index (χ0) is 21.9. The molecule has 3 rings (SSSR count). The number of ether oxygens (including phenoxy) is 1. The van der Waals surface area contributed by atoms with Crippen LogP contribution in [0.2, 0.25) is 0 Å². The minimum absolute atomic E-state index is 0.119. The smallest absolute Gasteiger partial charge is 0.243 e. The molecule has 30 heavy (non-hydrogen) atoms. The highest BCUT2D eigenvalue weighted by Crippen LogP contribution is 2.22. The maximum atomic E-state index is 13.9. The standard InChI is InChI=1S/C22H23FN2O4S/c1-24(14-16-8-11-21(29-3)20(23)12-16)22(26)15-25(2)30(27,28)19-10-9-17-6-4-5-7-18(17)13-19/h4-13H,14-15H2,1-3H3. The van der Waals surface area contributed by atoms with Crippen LogP contribution >= 0.6 is 0 Å². The second kappa shape index (κ2) is 8.81. The average molecular weight is 431 g/mol. The number of carbonyl (C=O) groups excluding carboxylic acids is 1. The Bertz CT molecular complexity index is 1180. The van der Waals surface area contributed by atoms with E-state index in [4.69, 9.17) is 4.74 Å². The van der Waals surface area contributed by atoms with Gasteiger partial charge < -0.3 is 9.64 Å².